The molecule has 1 heterocycles. The number of hydrogen-bond donors (Lipinski definition) is 2. The minimum absolute atomic E-state index is 0.000868. The van der Waals surface area contributed by atoms with E-state index in [4.69, 9.17) is 14.2 Å². The molecule has 9 heteroatoms. The maximum Gasteiger partial charge on any atom is 0.258 e. The van der Waals surface area contributed by atoms with Gasteiger partial charge in [0.15, 0.2) is 0 Å². The number of ether oxygens (including phenoxy) is 3. The Morgan fingerprint density at radius 2 is 1.78 bits per heavy atom. The molecule has 254 valence electrons. The summed E-state index contributed by atoms with van der Waals surface area (Å²) in [5, 5.41) is 13.3. The lowest BCUT2D eigenvalue weighted by Crippen LogP contribution is -2.47. The molecule has 0 saturated heterocycles. The van der Waals surface area contributed by atoms with Crippen molar-refractivity contribution in [1.29, 1.82) is 0 Å². The van der Waals surface area contributed by atoms with Crippen LogP contribution in [0, 0.1) is 11.8 Å². The van der Waals surface area contributed by atoms with Gasteiger partial charge in [0, 0.05) is 43.8 Å². The third-order valence-corrected chi connectivity index (χ3v) is 9.40. The summed E-state index contributed by atoms with van der Waals surface area (Å²) in [6, 6.07) is 13.0. The summed E-state index contributed by atoms with van der Waals surface area (Å²) in [6.45, 7) is 8.29. The molecule has 1 aliphatic carbocycles. The normalized spacial score (nSPS) is 22.8. The molecule has 0 bridgehead atoms. The molecule has 2 aromatic rings. The second kappa shape index (κ2) is 17.7. The van der Waals surface area contributed by atoms with Crippen molar-refractivity contribution in [1.82, 2.24) is 9.80 Å². The van der Waals surface area contributed by atoms with Crippen LogP contribution in [0.25, 0.3) is 0 Å². The molecule has 1 fully saturated rings. The molecular formula is C37H55N3O6. The molecule has 2 aliphatic rings. The van der Waals surface area contributed by atoms with E-state index in [0.29, 0.717) is 36.7 Å². The predicted octanol–water partition coefficient (Wildman–Crippen LogP) is 6.14. The Labute approximate surface area is 275 Å². The Bertz CT molecular complexity index is 1250. The fraction of sp³-hybridized carbons (Fsp3) is 0.622. The zero-order valence-electron chi connectivity index (χ0n) is 28.5. The standard InChI is InChI=1S/C37H55N3O6/c1-26-22-40(27(2)25-41)37(43)33-21-31(38-36(42)30-12-7-6-8-13-30)16-19-34(33)46-28(3)11-9-10-20-45-35(26)24-39(4)23-29-14-17-32(44-5)18-15-29/h14-19,21,26-28,30,35,41H,6-13,20,22-25H2,1-5H3,(H,38,42)/t26-,27-,28-,35-/m0/s1. The maximum absolute atomic E-state index is 14.4. The fourth-order valence-electron chi connectivity index (χ4n) is 6.49. The second-order valence-corrected chi connectivity index (χ2v) is 13.4. The first-order valence-corrected chi connectivity index (χ1v) is 17.1. The summed E-state index contributed by atoms with van der Waals surface area (Å²) in [6.07, 6.45) is 7.56. The highest BCUT2D eigenvalue weighted by Gasteiger charge is 2.31. The lowest BCUT2D eigenvalue weighted by atomic mass is 9.88. The Morgan fingerprint density at radius 1 is 1.07 bits per heavy atom. The number of carbonyl (C=O) groups is 2. The van der Waals surface area contributed by atoms with Crippen molar-refractivity contribution >= 4 is 17.5 Å². The van der Waals surface area contributed by atoms with Crippen molar-refractivity contribution in [2.24, 2.45) is 11.8 Å². The van der Waals surface area contributed by atoms with Crippen molar-refractivity contribution in [3.8, 4) is 11.5 Å². The first-order valence-electron chi connectivity index (χ1n) is 17.1. The van der Waals surface area contributed by atoms with Crippen molar-refractivity contribution < 1.29 is 28.9 Å². The quantitative estimate of drug-likeness (QED) is 0.341. The highest BCUT2D eigenvalue weighted by molar-refractivity contribution is 6.00. The average molecular weight is 638 g/mol. The van der Waals surface area contributed by atoms with Gasteiger partial charge >= 0.3 is 0 Å². The number of likely N-dealkylation sites (N-methyl/N-ethyl adjacent to an activating group) is 1. The number of aliphatic hydroxyl groups is 1. The third kappa shape index (κ3) is 10.2. The van der Waals surface area contributed by atoms with E-state index in [2.05, 4.69) is 36.3 Å². The number of fused-ring (bicyclic) bond motifs is 1. The van der Waals surface area contributed by atoms with Crippen LogP contribution in [0.5, 0.6) is 11.5 Å². The maximum atomic E-state index is 14.4. The SMILES string of the molecule is COc1ccc(CN(C)C[C@@H]2OCCCC[C@H](C)Oc3ccc(NC(=O)C4CCCCC4)cc3C(=O)N([C@@H](C)CO)C[C@@H]2C)cc1. The van der Waals surface area contributed by atoms with Gasteiger partial charge in [-0.05, 0) is 88.9 Å². The highest BCUT2D eigenvalue weighted by Crippen LogP contribution is 2.30. The number of methoxy groups -OCH3 is 1. The van der Waals surface area contributed by atoms with Crippen LogP contribution in [0.1, 0.15) is 88.1 Å². The fourth-order valence-corrected chi connectivity index (χ4v) is 6.49. The first-order chi connectivity index (χ1) is 22.2. The first kappa shape index (κ1) is 35.7. The predicted molar refractivity (Wildman–Crippen MR) is 181 cm³/mol. The van der Waals surface area contributed by atoms with E-state index < -0.39 is 6.04 Å². The Morgan fingerprint density at radius 3 is 2.48 bits per heavy atom. The van der Waals surface area contributed by atoms with E-state index in [-0.39, 0.29) is 42.5 Å². The minimum atomic E-state index is -0.425. The van der Waals surface area contributed by atoms with Crippen molar-refractivity contribution in [2.45, 2.75) is 96.9 Å². The topological polar surface area (TPSA) is 101 Å². The number of hydrogen-bond acceptors (Lipinski definition) is 7. The minimum Gasteiger partial charge on any atom is -0.497 e. The Balaban J connectivity index is 1.57. The van der Waals surface area contributed by atoms with Gasteiger partial charge in [-0.2, -0.15) is 0 Å². The van der Waals surface area contributed by atoms with E-state index in [1.54, 1.807) is 24.1 Å². The molecule has 0 radical (unpaired) electrons. The number of carbonyl (C=O) groups excluding carboxylic acids is 2. The molecule has 9 nitrogen and oxygen atoms in total. The van der Waals surface area contributed by atoms with Crippen molar-refractivity contribution in [2.75, 3.05) is 45.8 Å². The van der Waals surface area contributed by atoms with E-state index >= 15 is 0 Å². The molecule has 1 saturated carbocycles. The zero-order valence-corrected chi connectivity index (χ0v) is 28.5. The monoisotopic (exact) mass is 637 g/mol. The van der Waals surface area contributed by atoms with Gasteiger partial charge in [-0.25, -0.2) is 0 Å². The summed E-state index contributed by atoms with van der Waals surface area (Å²) >= 11 is 0. The molecule has 2 aromatic carbocycles. The van der Waals surface area contributed by atoms with Gasteiger partial charge in [0.1, 0.15) is 11.5 Å². The van der Waals surface area contributed by atoms with Gasteiger partial charge in [0.2, 0.25) is 5.91 Å². The summed E-state index contributed by atoms with van der Waals surface area (Å²) in [4.78, 5) is 31.4. The molecule has 1 aliphatic heterocycles. The van der Waals surface area contributed by atoms with Crippen LogP contribution in [0.15, 0.2) is 42.5 Å². The lowest BCUT2D eigenvalue weighted by molar-refractivity contribution is -0.120. The smallest absolute Gasteiger partial charge is 0.258 e. The lowest BCUT2D eigenvalue weighted by Gasteiger charge is -2.36. The largest absolute Gasteiger partial charge is 0.497 e. The summed E-state index contributed by atoms with van der Waals surface area (Å²) < 4.78 is 18.2. The average Bonchev–Trinajstić information content (AvgIpc) is 3.06. The zero-order chi connectivity index (χ0) is 33.1. The number of benzene rings is 2. The molecule has 4 rings (SSSR count). The number of nitrogens with one attached hydrogen (secondary N) is 1. The van der Waals surface area contributed by atoms with Gasteiger partial charge in [-0.15, -0.1) is 0 Å². The molecule has 2 amide bonds. The molecule has 0 unspecified atom stereocenters. The summed E-state index contributed by atoms with van der Waals surface area (Å²) in [7, 11) is 3.75. The number of nitrogens with zero attached hydrogens (tertiary/aromatic N) is 2. The third-order valence-electron chi connectivity index (χ3n) is 9.40. The number of rotatable bonds is 9. The van der Waals surface area contributed by atoms with Crippen LogP contribution in [0.4, 0.5) is 5.69 Å². The van der Waals surface area contributed by atoms with Gasteiger partial charge in [0.25, 0.3) is 5.91 Å². The van der Waals surface area contributed by atoms with E-state index in [1.807, 2.05) is 32.0 Å². The number of amides is 2. The second-order valence-electron chi connectivity index (χ2n) is 13.4. The van der Waals surface area contributed by atoms with Gasteiger partial charge in [-0.3, -0.25) is 14.5 Å². The van der Waals surface area contributed by atoms with Crippen LogP contribution in [-0.2, 0) is 16.1 Å². The highest BCUT2D eigenvalue weighted by atomic mass is 16.5. The molecule has 0 aromatic heterocycles. The summed E-state index contributed by atoms with van der Waals surface area (Å²) in [5.41, 5.74) is 2.16. The van der Waals surface area contributed by atoms with E-state index in [0.717, 1.165) is 57.2 Å². The Kier molecular flexibility index (Phi) is 13.7. The van der Waals surface area contributed by atoms with E-state index in [9.17, 15) is 14.7 Å². The van der Waals surface area contributed by atoms with Crippen LogP contribution >= 0.6 is 0 Å². The summed E-state index contributed by atoms with van der Waals surface area (Å²) in [5.74, 6) is 1.09. The van der Waals surface area contributed by atoms with E-state index in [1.165, 1.54) is 12.0 Å². The van der Waals surface area contributed by atoms with Crippen LogP contribution in [-0.4, -0.2) is 85.4 Å². The number of anilines is 1. The van der Waals surface area contributed by atoms with Gasteiger partial charge < -0.3 is 29.5 Å². The van der Waals surface area contributed by atoms with Crippen LogP contribution < -0.4 is 14.8 Å². The molecular weight excluding hydrogens is 582 g/mol. The molecule has 0 spiro atoms. The molecule has 46 heavy (non-hydrogen) atoms. The number of aliphatic hydroxyl groups excluding tert-OH is 1. The Hall–Kier alpha value is -3.14. The van der Waals surface area contributed by atoms with Crippen molar-refractivity contribution in [3.63, 3.8) is 0 Å². The molecule has 4 atom stereocenters. The van der Waals surface area contributed by atoms with Crippen LogP contribution in [0.2, 0.25) is 0 Å². The van der Waals surface area contributed by atoms with Crippen molar-refractivity contribution in [3.05, 3.63) is 53.6 Å². The van der Waals surface area contributed by atoms with Gasteiger partial charge in [-0.1, -0.05) is 38.3 Å². The van der Waals surface area contributed by atoms with Crippen LogP contribution in [0.3, 0.4) is 0 Å². The molecule has 2 N–H and O–H groups in total. The van der Waals surface area contributed by atoms with Gasteiger partial charge in [0.05, 0.1) is 37.5 Å².